The van der Waals surface area contributed by atoms with Crippen LogP contribution in [0.25, 0.3) is 16.5 Å². The molecule has 7 aromatic rings. The molecule has 0 aliphatic carbocycles. The van der Waals surface area contributed by atoms with Crippen molar-refractivity contribution in [2.75, 3.05) is 60.0 Å². The quantitative estimate of drug-likeness (QED) is 0.0188. The van der Waals surface area contributed by atoms with E-state index in [1.165, 1.54) is 31.4 Å². The van der Waals surface area contributed by atoms with E-state index in [0.717, 1.165) is 54.6 Å². The zero-order valence-corrected chi connectivity index (χ0v) is 45.6. The molecule has 0 unspecified atom stereocenters. The summed E-state index contributed by atoms with van der Waals surface area (Å²) in [7, 11) is -13.9. The molecule has 7 rings (SSSR count). The minimum atomic E-state index is -5.44. The Balaban J connectivity index is 1.32. The number of carboxylic acids is 2. The van der Waals surface area contributed by atoms with E-state index in [0.29, 0.717) is 10.7 Å². The average molecular weight is 1240 g/mol. The highest BCUT2D eigenvalue weighted by atomic mass is 32.2. The van der Waals surface area contributed by atoms with Crippen molar-refractivity contribution in [2.24, 2.45) is 40.9 Å². The Hall–Kier alpha value is -9.70. The van der Waals surface area contributed by atoms with E-state index < -0.39 is 143 Å². The molecule has 0 saturated carbocycles. The Kier molecular flexibility index (Phi) is 19.7. The van der Waals surface area contributed by atoms with Crippen molar-refractivity contribution in [1.29, 1.82) is 0 Å². The number of hydrogen-bond donors (Lipinski definition) is 11. The Bertz CT molecular complexity index is 4210. The van der Waals surface area contributed by atoms with Gasteiger partial charge in [-0.05, 0) is 42.5 Å². The van der Waals surface area contributed by atoms with Gasteiger partial charge in [-0.15, -0.1) is 40.9 Å². The first-order valence-corrected chi connectivity index (χ1v) is 27.9. The van der Waals surface area contributed by atoms with E-state index in [4.69, 9.17) is 23.7 Å². The van der Waals surface area contributed by atoms with E-state index in [1.807, 2.05) is 0 Å². The van der Waals surface area contributed by atoms with Crippen LogP contribution < -0.4 is 23.7 Å². The molecule has 6 aromatic carbocycles. The molecule has 1 aromatic heterocycles. The molecule has 37 heteroatoms. The molecule has 0 aliphatic heterocycles. The van der Waals surface area contributed by atoms with Crippen molar-refractivity contribution in [1.82, 2.24) is 9.78 Å². The van der Waals surface area contributed by atoms with Crippen molar-refractivity contribution in [3.05, 3.63) is 96.2 Å². The number of benzene rings is 6. The third-order valence-electron chi connectivity index (χ3n) is 11.1. The van der Waals surface area contributed by atoms with Crippen molar-refractivity contribution < 1.29 is 113 Å². The molecule has 85 heavy (non-hydrogen) atoms. The number of azo groups is 4. The molecule has 0 aliphatic rings. The summed E-state index contributed by atoms with van der Waals surface area (Å²) in [5, 5.41) is 117. The van der Waals surface area contributed by atoms with Gasteiger partial charge in [0.05, 0.1) is 49.7 Å². The van der Waals surface area contributed by atoms with Crippen LogP contribution in [0.2, 0.25) is 0 Å². The van der Waals surface area contributed by atoms with Crippen LogP contribution in [0.5, 0.6) is 40.4 Å². The van der Waals surface area contributed by atoms with Crippen LogP contribution in [0.4, 0.5) is 45.5 Å². The molecular weight excluding hydrogens is 1200 g/mol. The van der Waals surface area contributed by atoms with Gasteiger partial charge in [0, 0.05) is 41.1 Å². The number of aliphatic hydroxyl groups excluding tert-OH is 4. The number of nitrogens with zero attached hydrogens (tertiary/aromatic N) is 10. The maximum Gasteiger partial charge on any atom is 0.358 e. The van der Waals surface area contributed by atoms with Gasteiger partial charge in [-0.3, -0.25) is 13.7 Å². The van der Waals surface area contributed by atoms with Crippen LogP contribution in [0.3, 0.4) is 0 Å². The second-order valence-corrected chi connectivity index (χ2v) is 20.8. The van der Waals surface area contributed by atoms with Crippen molar-refractivity contribution in [2.45, 2.75) is 14.7 Å². The second kappa shape index (κ2) is 26.7. The number of ether oxygens (including phenoxy) is 5. The summed E-state index contributed by atoms with van der Waals surface area (Å²) in [6.07, 6.45) is 0. The molecule has 0 radical (unpaired) electrons. The molecule has 1 heterocycles. The number of aromatic nitrogens is 2. The third kappa shape index (κ3) is 14.7. The van der Waals surface area contributed by atoms with E-state index >= 15 is 0 Å². The highest BCUT2D eigenvalue weighted by Crippen LogP contribution is 2.48. The first-order valence-electron chi connectivity index (χ1n) is 23.6. The second-order valence-electron chi connectivity index (χ2n) is 16.6. The van der Waals surface area contributed by atoms with Gasteiger partial charge in [-0.25, -0.2) is 9.59 Å². The number of carbonyl (C=O) groups is 2. The number of aromatic carboxylic acids is 2. The molecule has 34 nitrogen and oxygen atoms in total. The topological polar surface area (TPSA) is 522 Å². The summed E-state index contributed by atoms with van der Waals surface area (Å²) in [5.74, 6) is -6.61. The summed E-state index contributed by atoms with van der Waals surface area (Å²) in [6.45, 7) is -3.95. The first-order chi connectivity index (χ1) is 40.3. The SMILES string of the molecule is COc1ccc(/N=N/c2cc(OCCO)c(N=Nc3c(C(=O)O)nn(-c4cccc5c(O)c(/N=N/c6cc(OCCO)c(/N=N/c7ccc(S(=O)(=O)O)cc7C(=O)O)cc6OCCO)c(S(=O)(=O)O)cc45)c3O)cc2OCCO)c(S(=O)(=O)O)c1. The number of methoxy groups -OCH3 is 1. The number of aliphatic hydroxyl groups is 4. The van der Waals surface area contributed by atoms with E-state index in [-0.39, 0.29) is 80.3 Å². The number of fused-ring (bicyclic) bond motifs is 1. The minimum Gasteiger partial charge on any atom is -0.505 e. The summed E-state index contributed by atoms with van der Waals surface area (Å²) < 4.78 is 132. The predicted molar refractivity (Wildman–Crippen MR) is 287 cm³/mol. The molecule has 0 atom stereocenters. The summed E-state index contributed by atoms with van der Waals surface area (Å²) >= 11 is 0. The zero-order chi connectivity index (χ0) is 62.0. The smallest absolute Gasteiger partial charge is 0.358 e. The third-order valence-corrected chi connectivity index (χ3v) is 13.7. The van der Waals surface area contributed by atoms with Gasteiger partial charge < -0.3 is 64.5 Å². The normalized spacial score (nSPS) is 12.3. The number of rotatable bonds is 27. The molecule has 0 bridgehead atoms. The Morgan fingerprint density at radius 2 is 0.965 bits per heavy atom. The van der Waals surface area contributed by atoms with Gasteiger partial charge in [0.1, 0.15) is 105 Å². The van der Waals surface area contributed by atoms with Gasteiger partial charge in [-0.2, -0.15) is 35.0 Å². The molecule has 0 fully saturated rings. The van der Waals surface area contributed by atoms with E-state index in [1.54, 1.807) is 0 Å². The zero-order valence-electron chi connectivity index (χ0n) is 43.2. The lowest BCUT2D eigenvalue weighted by Gasteiger charge is -2.14. The standard InChI is InChI=1S/C48H44N10O24S3/c1-78-24-5-7-30(40(17-24)84(72,73)74)50-52-32-21-39(82-16-12-62)34(23-37(32)80-14-10-60)54-56-43-44(48(67)68)57-58(46(43)64)35-4-2-3-26-27(35)19-41(85(75,76)77)42(45(26)63)55-53-33-22-36(79-13-9-59)31(20-38(33)81-15-11-61)51-49-29-8-6-25(83(69,70)71)18-28(29)47(65)66/h2-8,17-23,59-64H,9-16H2,1H3,(H,65,66)(H,67,68)(H,69,70,71)(H,72,73,74)(H,75,76,77)/b51-49+,52-50+,55-53+,56-54?. The number of carboxylic acid groups (broad SMARTS) is 2. The maximum absolute atomic E-state index is 13.1. The largest absolute Gasteiger partial charge is 0.505 e. The van der Waals surface area contributed by atoms with Gasteiger partial charge in [0.2, 0.25) is 11.6 Å². The van der Waals surface area contributed by atoms with E-state index in [2.05, 4.69) is 46.0 Å². The van der Waals surface area contributed by atoms with Gasteiger partial charge >= 0.3 is 11.9 Å². The molecule has 448 valence electrons. The fourth-order valence-electron chi connectivity index (χ4n) is 7.38. The molecular formula is C48H44N10O24S3. The highest BCUT2D eigenvalue weighted by Gasteiger charge is 2.29. The molecule has 0 amide bonds. The fourth-order valence-corrected chi connectivity index (χ4v) is 9.17. The van der Waals surface area contributed by atoms with Crippen molar-refractivity contribution in [3.8, 4) is 46.1 Å². The van der Waals surface area contributed by atoms with Crippen LogP contribution in [-0.2, 0) is 30.4 Å². The van der Waals surface area contributed by atoms with Crippen LogP contribution in [0.15, 0.2) is 141 Å². The van der Waals surface area contributed by atoms with Crippen LogP contribution in [0.1, 0.15) is 20.8 Å². The predicted octanol–water partition coefficient (Wildman–Crippen LogP) is 6.73. The molecule has 0 spiro atoms. The number of hydrogen-bond acceptors (Lipinski definition) is 28. The van der Waals surface area contributed by atoms with Crippen molar-refractivity contribution in [3.63, 3.8) is 0 Å². The maximum atomic E-state index is 13.1. The Labute approximate surface area is 477 Å². The highest BCUT2D eigenvalue weighted by molar-refractivity contribution is 7.86. The van der Waals surface area contributed by atoms with Gasteiger partial charge in [-0.1, -0.05) is 12.1 Å². The van der Waals surface area contributed by atoms with Crippen molar-refractivity contribution >= 4 is 98.6 Å². The summed E-state index contributed by atoms with van der Waals surface area (Å²) in [5.41, 5.74) is -5.80. The van der Waals surface area contributed by atoms with Crippen LogP contribution >= 0.6 is 0 Å². The number of phenolic OH excluding ortho intramolecular Hbond substituents is 1. The Morgan fingerprint density at radius 1 is 0.506 bits per heavy atom. The lowest BCUT2D eigenvalue weighted by Crippen LogP contribution is -2.04. The van der Waals surface area contributed by atoms with Gasteiger partial charge in [0.15, 0.2) is 11.4 Å². The summed E-state index contributed by atoms with van der Waals surface area (Å²) in [4.78, 5) is 22.1. The lowest BCUT2D eigenvalue weighted by molar-refractivity contribution is 0.0682. The minimum absolute atomic E-state index is 0.0432. The monoisotopic (exact) mass is 1240 g/mol. The molecule has 0 saturated heterocycles. The summed E-state index contributed by atoms with van der Waals surface area (Å²) in [6, 6.07) is 14.5. The fraction of sp³-hybridized carbons (Fsp3) is 0.188. The van der Waals surface area contributed by atoms with Crippen LogP contribution in [-0.4, -0.2) is 161 Å². The number of aromatic hydroxyl groups is 2. The number of phenols is 1. The lowest BCUT2D eigenvalue weighted by atomic mass is 10.1. The van der Waals surface area contributed by atoms with Crippen LogP contribution in [0, 0.1) is 0 Å². The Morgan fingerprint density at radius 3 is 1.41 bits per heavy atom. The van der Waals surface area contributed by atoms with Gasteiger partial charge in [0.25, 0.3) is 30.4 Å². The average Bonchev–Trinajstić information content (AvgIpc) is 2.22. The molecule has 11 N–H and O–H groups in total. The van der Waals surface area contributed by atoms with E-state index in [9.17, 15) is 89.4 Å². The first kappa shape index (κ1) is 62.9.